The second-order valence-corrected chi connectivity index (χ2v) is 8.91. The van der Waals surface area contributed by atoms with E-state index in [0.29, 0.717) is 17.8 Å². The predicted molar refractivity (Wildman–Crippen MR) is 124 cm³/mol. The number of aromatic nitrogens is 7. The SMILES string of the molecule is COCC1CCN(c2nc(-c3nccn3C)nn3cc(-c4ccn(C(C)C)n4)c(C)c23)C1. The maximum Gasteiger partial charge on any atom is 0.218 e. The van der Waals surface area contributed by atoms with Gasteiger partial charge in [0, 0.05) is 69.6 Å². The van der Waals surface area contributed by atoms with Gasteiger partial charge in [-0.25, -0.2) is 14.5 Å². The zero-order chi connectivity index (χ0) is 22.4. The van der Waals surface area contributed by atoms with E-state index in [1.807, 2.05) is 33.2 Å². The van der Waals surface area contributed by atoms with Gasteiger partial charge in [0.05, 0.1) is 12.3 Å². The molecular formula is C23H30N8O. The Kier molecular flexibility index (Phi) is 5.21. The van der Waals surface area contributed by atoms with Crippen LogP contribution in [-0.2, 0) is 11.8 Å². The average Bonchev–Trinajstić information content (AvgIpc) is 3.54. The van der Waals surface area contributed by atoms with E-state index in [9.17, 15) is 0 Å². The molecule has 0 radical (unpaired) electrons. The van der Waals surface area contributed by atoms with E-state index < -0.39 is 0 Å². The van der Waals surface area contributed by atoms with E-state index in [1.54, 1.807) is 13.3 Å². The second kappa shape index (κ2) is 8.05. The summed E-state index contributed by atoms with van der Waals surface area (Å²) in [4.78, 5) is 11.9. The summed E-state index contributed by atoms with van der Waals surface area (Å²) in [5, 5.41) is 9.65. The Hall–Kier alpha value is -3.20. The van der Waals surface area contributed by atoms with Crippen LogP contribution < -0.4 is 4.90 Å². The number of anilines is 1. The molecule has 1 saturated heterocycles. The summed E-state index contributed by atoms with van der Waals surface area (Å²) in [5.41, 5.74) is 4.18. The quantitative estimate of drug-likeness (QED) is 0.463. The van der Waals surface area contributed by atoms with Crippen molar-refractivity contribution >= 4 is 11.3 Å². The molecule has 0 aliphatic carbocycles. The number of methoxy groups -OCH3 is 1. The largest absolute Gasteiger partial charge is 0.384 e. The third-order valence-corrected chi connectivity index (χ3v) is 6.29. The first kappa shape index (κ1) is 20.7. The van der Waals surface area contributed by atoms with Gasteiger partial charge in [0.1, 0.15) is 5.52 Å². The number of rotatable bonds is 6. The van der Waals surface area contributed by atoms with Gasteiger partial charge in [0.15, 0.2) is 11.6 Å². The lowest BCUT2D eigenvalue weighted by Gasteiger charge is -2.20. The van der Waals surface area contributed by atoms with Crippen LogP contribution in [0.4, 0.5) is 5.82 Å². The molecule has 32 heavy (non-hydrogen) atoms. The van der Waals surface area contributed by atoms with Gasteiger partial charge in [-0.1, -0.05) is 0 Å². The molecule has 0 amide bonds. The fourth-order valence-electron chi connectivity index (χ4n) is 4.53. The zero-order valence-electron chi connectivity index (χ0n) is 19.4. The Morgan fingerprint density at radius 1 is 1.22 bits per heavy atom. The summed E-state index contributed by atoms with van der Waals surface area (Å²) in [6.45, 7) is 9.03. The number of hydrogen-bond donors (Lipinski definition) is 0. The first-order chi connectivity index (χ1) is 15.5. The van der Waals surface area contributed by atoms with Crippen LogP contribution in [0.15, 0.2) is 30.9 Å². The van der Waals surface area contributed by atoms with E-state index >= 15 is 0 Å². The molecule has 1 fully saturated rings. The Morgan fingerprint density at radius 3 is 2.75 bits per heavy atom. The summed E-state index contributed by atoms with van der Waals surface area (Å²) in [5.74, 6) is 2.81. The number of nitrogens with zero attached hydrogens (tertiary/aromatic N) is 8. The summed E-state index contributed by atoms with van der Waals surface area (Å²) in [7, 11) is 3.73. The van der Waals surface area contributed by atoms with Crippen molar-refractivity contribution in [3.8, 4) is 22.9 Å². The highest BCUT2D eigenvalue weighted by Crippen LogP contribution is 2.35. The van der Waals surface area contributed by atoms with Crippen molar-refractivity contribution < 1.29 is 4.74 Å². The second-order valence-electron chi connectivity index (χ2n) is 8.91. The van der Waals surface area contributed by atoms with Gasteiger partial charge >= 0.3 is 0 Å². The van der Waals surface area contributed by atoms with Crippen LogP contribution in [0.2, 0.25) is 0 Å². The molecule has 5 heterocycles. The standard InChI is InChI=1S/C23H30N8O/c1-15(2)30-10-7-19(26-30)18-13-31-20(16(18)3)22(29-9-6-17(12-29)14-32-5)25-21(27-31)23-24-8-11-28(23)4/h7-8,10-11,13,15,17H,6,9,12,14H2,1-5H3. The molecule has 0 aromatic carbocycles. The van der Waals surface area contributed by atoms with Gasteiger partial charge in [-0.2, -0.15) is 5.10 Å². The number of imidazole rings is 1. The van der Waals surface area contributed by atoms with Gasteiger partial charge < -0.3 is 14.2 Å². The normalized spacial score (nSPS) is 16.7. The maximum atomic E-state index is 5.41. The van der Waals surface area contributed by atoms with E-state index in [-0.39, 0.29) is 0 Å². The Morgan fingerprint density at radius 2 is 2.06 bits per heavy atom. The molecule has 1 aliphatic rings. The Labute approximate surface area is 187 Å². The minimum absolute atomic E-state index is 0.314. The van der Waals surface area contributed by atoms with Gasteiger partial charge in [-0.05, 0) is 38.8 Å². The molecule has 0 N–H and O–H groups in total. The van der Waals surface area contributed by atoms with Gasteiger partial charge in [0.25, 0.3) is 0 Å². The van der Waals surface area contributed by atoms with Gasteiger partial charge in [-0.15, -0.1) is 5.10 Å². The van der Waals surface area contributed by atoms with E-state index in [2.05, 4.69) is 42.9 Å². The van der Waals surface area contributed by atoms with Crippen LogP contribution in [0.1, 0.15) is 31.9 Å². The smallest absolute Gasteiger partial charge is 0.218 e. The van der Waals surface area contributed by atoms with Crippen molar-refractivity contribution in [3.63, 3.8) is 0 Å². The van der Waals surface area contributed by atoms with Gasteiger partial charge in [0.2, 0.25) is 5.82 Å². The molecular weight excluding hydrogens is 404 g/mol. The lowest BCUT2D eigenvalue weighted by atomic mass is 10.1. The van der Waals surface area contributed by atoms with E-state index in [0.717, 1.165) is 60.1 Å². The van der Waals surface area contributed by atoms with Crippen molar-refractivity contribution in [2.45, 2.75) is 33.2 Å². The van der Waals surface area contributed by atoms with Crippen LogP contribution in [0.5, 0.6) is 0 Å². The molecule has 1 aliphatic heterocycles. The predicted octanol–water partition coefficient (Wildman–Crippen LogP) is 3.36. The van der Waals surface area contributed by atoms with E-state index in [4.69, 9.17) is 19.9 Å². The van der Waals surface area contributed by atoms with Crippen molar-refractivity contribution in [2.75, 3.05) is 31.7 Å². The fourth-order valence-corrected chi connectivity index (χ4v) is 4.53. The molecule has 0 saturated carbocycles. The lowest BCUT2D eigenvalue weighted by molar-refractivity contribution is 0.161. The van der Waals surface area contributed by atoms with Gasteiger partial charge in [-0.3, -0.25) is 4.68 Å². The average molecular weight is 435 g/mol. The molecule has 5 rings (SSSR count). The highest BCUT2D eigenvalue weighted by Gasteiger charge is 2.28. The zero-order valence-corrected chi connectivity index (χ0v) is 19.4. The number of ether oxygens (including phenoxy) is 1. The summed E-state index contributed by atoms with van der Waals surface area (Å²) >= 11 is 0. The first-order valence-electron chi connectivity index (χ1n) is 11.1. The molecule has 4 aromatic rings. The minimum Gasteiger partial charge on any atom is -0.384 e. The molecule has 1 atom stereocenters. The first-order valence-corrected chi connectivity index (χ1v) is 11.1. The third kappa shape index (κ3) is 3.46. The molecule has 168 valence electrons. The molecule has 0 bridgehead atoms. The number of fused-ring (bicyclic) bond motifs is 1. The monoisotopic (exact) mass is 434 g/mol. The topological polar surface area (TPSA) is 78.3 Å². The Bertz CT molecular complexity index is 1250. The Balaban J connectivity index is 1.67. The van der Waals surface area contributed by atoms with Crippen molar-refractivity contribution in [1.29, 1.82) is 0 Å². The van der Waals surface area contributed by atoms with Crippen LogP contribution in [0.25, 0.3) is 28.4 Å². The van der Waals surface area contributed by atoms with E-state index in [1.165, 1.54) is 0 Å². The molecule has 9 heteroatoms. The summed E-state index contributed by atoms with van der Waals surface area (Å²) in [6, 6.07) is 2.38. The highest BCUT2D eigenvalue weighted by molar-refractivity contribution is 5.83. The van der Waals surface area contributed by atoms with Crippen LogP contribution >= 0.6 is 0 Å². The molecule has 1 unspecified atom stereocenters. The maximum absolute atomic E-state index is 5.41. The summed E-state index contributed by atoms with van der Waals surface area (Å²) < 4.78 is 11.3. The number of hydrogen-bond acceptors (Lipinski definition) is 6. The molecule has 0 spiro atoms. The van der Waals surface area contributed by atoms with Crippen molar-refractivity contribution in [3.05, 3.63) is 36.4 Å². The lowest BCUT2D eigenvalue weighted by Crippen LogP contribution is -2.23. The molecule has 4 aromatic heterocycles. The van der Waals surface area contributed by atoms with Crippen molar-refractivity contribution in [1.82, 2.24) is 33.9 Å². The van der Waals surface area contributed by atoms with Crippen LogP contribution in [-0.4, -0.2) is 60.7 Å². The van der Waals surface area contributed by atoms with Crippen LogP contribution in [0.3, 0.4) is 0 Å². The number of aryl methyl sites for hydroxylation is 2. The molecule has 9 nitrogen and oxygen atoms in total. The van der Waals surface area contributed by atoms with Crippen LogP contribution in [0, 0.1) is 12.8 Å². The fraction of sp³-hybridized carbons (Fsp3) is 0.478. The van der Waals surface area contributed by atoms with Crippen molar-refractivity contribution in [2.24, 2.45) is 13.0 Å². The summed E-state index contributed by atoms with van der Waals surface area (Å²) in [6.07, 6.45) is 8.88. The highest BCUT2D eigenvalue weighted by atomic mass is 16.5. The third-order valence-electron chi connectivity index (χ3n) is 6.29. The minimum atomic E-state index is 0.314.